The first-order chi connectivity index (χ1) is 8.25. The van der Waals surface area contributed by atoms with E-state index in [0.29, 0.717) is 12.6 Å². The molecule has 2 N–H and O–H groups in total. The van der Waals surface area contributed by atoms with Gasteiger partial charge in [0.1, 0.15) is 12.4 Å². The molecule has 2 rings (SSSR count). The molecule has 0 aliphatic carbocycles. The van der Waals surface area contributed by atoms with Crippen molar-refractivity contribution in [2.45, 2.75) is 19.9 Å². The fraction of sp³-hybridized carbons (Fsp3) is 0.462. The van der Waals surface area contributed by atoms with E-state index in [2.05, 4.69) is 22.5 Å². The van der Waals surface area contributed by atoms with Crippen LogP contribution in [0, 0.1) is 6.92 Å². The van der Waals surface area contributed by atoms with Crippen LogP contribution in [0.15, 0.2) is 29.3 Å². The van der Waals surface area contributed by atoms with Crippen molar-refractivity contribution >= 4 is 5.96 Å². The fourth-order valence-electron chi connectivity index (χ4n) is 1.71. The van der Waals surface area contributed by atoms with Crippen LogP contribution in [0.4, 0.5) is 0 Å². The normalized spacial score (nSPS) is 18.5. The van der Waals surface area contributed by atoms with Crippen LogP contribution in [0.25, 0.3) is 0 Å². The molecule has 0 fully saturated rings. The standard InChI is InChI=1S/C13H19N3O/c1-10-5-3-4-6-12(10)17-8-7-14-13-15-9-11(2)16-13/h3-6,11H,7-9H2,1-2H3,(H2,14,15,16). The molecule has 0 radical (unpaired) electrons. The van der Waals surface area contributed by atoms with Crippen LogP contribution in [-0.2, 0) is 0 Å². The van der Waals surface area contributed by atoms with Crippen molar-refractivity contribution in [2.75, 3.05) is 19.7 Å². The highest BCUT2D eigenvalue weighted by molar-refractivity contribution is 5.81. The van der Waals surface area contributed by atoms with E-state index in [1.54, 1.807) is 0 Å². The van der Waals surface area contributed by atoms with Gasteiger partial charge in [-0.15, -0.1) is 0 Å². The van der Waals surface area contributed by atoms with Crippen molar-refractivity contribution in [1.82, 2.24) is 10.6 Å². The van der Waals surface area contributed by atoms with E-state index in [-0.39, 0.29) is 0 Å². The summed E-state index contributed by atoms with van der Waals surface area (Å²) in [7, 11) is 0. The second-order valence-electron chi connectivity index (χ2n) is 4.28. The molecule has 4 nitrogen and oxygen atoms in total. The van der Waals surface area contributed by atoms with Crippen molar-refractivity contribution < 1.29 is 4.74 Å². The molecule has 17 heavy (non-hydrogen) atoms. The number of ether oxygens (including phenoxy) is 1. The first-order valence-corrected chi connectivity index (χ1v) is 5.99. The highest BCUT2D eigenvalue weighted by Crippen LogP contribution is 2.15. The molecule has 1 aliphatic heterocycles. The zero-order valence-electron chi connectivity index (χ0n) is 10.4. The Kier molecular flexibility index (Phi) is 3.85. The molecular formula is C13H19N3O. The molecule has 1 aromatic rings. The van der Waals surface area contributed by atoms with Crippen LogP contribution in [0.3, 0.4) is 0 Å². The van der Waals surface area contributed by atoms with Gasteiger partial charge in [0.05, 0.1) is 13.1 Å². The average Bonchev–Trinajstić information content (AvgIpc) is 2.73. The minimum atomic E-state index is 0.440. The smallest absolute Gasteiger partial charge is 0.191 e. The molecule has 0 spiro atoms. The predicted octanol–water partition coefficient (Wildman–Crippen LogP) is 1.31. The molecule has 92 valence electrons. The lowest BCUT2D eigenvalue weighted by Gasteiger charge is -2.11. The first-order valence-electron chi connectivity index (χ1n) is 5.99. The molecule has 1 aliphatic rings. The minimum absolute atomic E-state index is 0.440. The lowest BCUT2D eigenvalue weighted by molar-refractivity contribution is 0.320. The average molecular weight is 233 g/mol. The summed E-state index contributed by atoms with van der Waals surface area (Å²) in [6.07, 6.45) is 0. The number of hydrogen-bond acceptors (Lipinski definition) is 4. The van der Waals surface area contributed by atoms with Gasteiger partial charge < -0.3 is 15.4 Å². The summed E-state index contributed by atoms with van der Waals surface area (Å²) in [5, 5.41) is 6.46. The quantitative estimate of drug-likeness (QED) is 0.771. The van der Waals surface area contributed by atoms with Gasteiger partial charge in [0, 0.05) is 6.04 Å². The second-order valence-corrected chi connectivity index (χ2v) is 4.28. The summed E-state index contributed by atoms with van der Waals surface area (Å²) in [4.78, 5) is 4.32. The molecule has 0 amide bonds. The van der Waals surface area contributed by atoms with Gasteiger partial charge >= 0.3 is 0 Å². The van der Waals surface area contributed by atoms with E-state index < -0.39 is 0 Å². The monoisotopic (exact) mass is 233 g/mol. The second kappa shape index (κ2) is 5.57. The van der Waals surface area contributed by atoms with Crippen molar-refractivity contribution in [1.29, 1.82) is 0 Å². The third kappa shape index (κ3) is 3.37. The Bertz CT molecular complexity index is 403. The predicted molar refractivity (Wildman–Crippen MR) is 69.6 cm³/mol. The van der Waals surface area contributed by atoms with Gasteiger partial charge in [-0.1, -0.05) is 18.2 Å². The number of nitrogens with zero attached hydrogens (tertiary/aromatic N) is 1. The maximum atomic E-state index is 5.68. The van der Waals surface area contributed by atoms with Crippen LogP contribution in [-0.4, -0.2) is 31.7 Å². The van der Waals surface area contributed by atoms with Gasteiger partial charge in [0.2, 0.25) is 0 Å². The molecule has 1 unspecified atom stereocenters. The third-order valence-electron chi connectivity index (χ3n) is 2.65. The highest BCUT2D eigenvalue weighted by Gasteiger charge is 2.10. The Hall–Kier alpha value is -1.71. The molecule has 0 aromatic heterocycles. The summed E-state index contributed by atoms with van der Waals surface area (Å²) in [5.41, 5.74) is 1.16. The molecule has 1 aromatic carbocycles. The molecule has 1 atom stereocenters. The molecule has 1 heterocycles. The minimum Gasteiger partial charge on any atom is -0.491 e. The SMILES string of the molecule is Cc1ccccc1OCCNC1=NCC(C)N1. The summed E-state index contributed by atoms with van der Waals surface area (Å²) < 4.78 is 5.68. The van der Waals surface area contributed by atoms with E-state index in [0.717, 1.165) is 30.4 Å². The summed E-state index contributed by atoms with van der Waals surface area (Å²) >= 11 is 0. The molecule has 0 saturated heterocycles. The zero-order chi connectivity index (χ0) is 12.1. The van der Waals surface area contributed by atoms with Gasteiger partial charge in [-0.05, 0) is 25.5 Å². The number of aliphatic imine (C=N–C) groups is 1. The Morgan fingerprint density at radius 3 is 3.00 bits per heavy atom. The van der Waals surface area contributed by atoms with E-state index in [1.165, 1.54) is 0 Å². The van der Waals surface area contributed by atoms with Crippen LogP contribution in [0.1, 0.15) is 12.5 Å². The van der Waals surface area contributed by atoms with Crippen molar-refractivity contribution in [2.24, 2.45) is 4.99 Å². The van der Waals surface area contributed by atoms with Crippen molar-refractivity contribution in [3.63, 3.8) is 0 Å². The zero-order valence-corrected chi connectivity index (χ0v) is 10.4. The van der Waals surface area contributed by atoms with E-state index >= 15 is 0 Å². The molecular weight excluding hydrogens is 214 g/mol. The summed E-state index contributed by atoms with van der Waals surface area (Å²) in [5.74, 6) is 1.83. The summed E-state index contributed by atoms with van der Waals surface area (Å²) in [6, 6.07) is 8.48. The van der Waals surface area contributed by atoms with Gasteiger partial charge in [-0.3, -0.25) is 4.99 Å². The Balaban J connectivity index is 1.68. The number of para-hydroxylation sites is 1. The number of hydrogen-bond donors (Lipinski definition) is 2. The number of nitrogens with one attached hydrogen (secondary N) is 2. The molecule has 0 saturated carbocycles. The molecule has 4 heteroatoms. The van der Waals surface area contributed by atoms with Crippen molar-refractivity contribution in [3.8, 4) is 5.75 Å². The van der Waals surface area contributed by atoms with E-state index in [9.17, 15) is 0 Å². The van der Waals surface area contributed by atoms with Gasteiger partial charge in [0.15, 0.2) is 5.96 Å². The van der Waals surface area contributed by atoms with Crippen molar-refractivity contribution in [3.05, 3.63) is 29.8 Å². The summed E-state index contributed by atoms with van der Waals surface area (Å²) in [6.45, 7) is 6.41. The largest absolute Gasteiger partial charge is 0.491 e. The number of guanidine groups is 1. The first kappa shape index (κ1) is 11.8. The topological polar surface area (TPSA) is 45.6 Å². The van der Waals surface area contributed by atoms with Crippen LogP contribution >= 0.6 is 0 Å². The van der Waals surface area contributed by atoms with Crippen LogP contribution in [0.2, 0.25) is 0 Å². The molecule has 0 bridgehead atoms. The number of aryl methyl sites for hydroxylation is 1. The van der Waals surface area contributed by atoms with Crippen LogP contribution in [0.5, 0.6) is 5.75 Å². The Morgan fingerprint density at radius 1 is 1.47 bits per heavy atom. The lowest BCUT2D eigenvalue weighted by Crippen LogP contribution is -2.39. The third-order valence-corrected chi connectivity index (χ3v) is 2.65. The number of rotatable bonds is 4. The highest BCUT2D eigenvalue weighted by atomic mass is 16.5. The lowest BCUT2D eigenvalue weighted by atomic mass is 10.2. The Labute approximate surface area is 102 Å². The van der Waals surface area contributed by atoms with E-state index in [4.69, 9.17) is 4.74 Å². The van der Waals surface area contributed by atoms with Gasteiger partial charge in [-0.25, -0.2) is 0 Å². The fourth-order valence-corrected chi connectivity index (χ4v) is 1.71. The van der Waals surface area contributed by atoms with Gasteiger partial charge in [-0.2, -0.15) is 0 Å². The Morgan fingerprint density at radius 2 is 2.29 bits per heavy atom. The number of benzene rings is 1. The maximum absolute atomic E-state index is 5.68. The maximum Gasteiger partial charge on any atom is 0.191 e. The van der Waals surface area contributed by atoms with Crippen LogP contribution < -0.4 is 15.4 Å². The van der Waals surface area contributed by atoms with Gasteiger partial charge in [0.25, 0.3) is 0 Å². The van der Waals surface area contributed by atoms with E-state index in [1.807, 2.05) is 31.2 Å².